The molecule has 0 aliphatic rings. The first-order valence-electron chi connectivity index (χ1n) is 10.6. The molecule has 154 valence electrons. The van der Waals surface area contributed by atoms with Gasteiger partial charge in [0.15, 0.2) is 0 Å². The zero-order chi connectivity index (χ0) is 20.9. The topological polar surface area (TPSA) is 27.1 Å². The van der Waals surface area contributed by atoms with Gasteiger partial charge in [-0.2, -0.15) is 0 Å². The smallest absolute Gasteiger partial charge is 0.141 e. The second kappa shape index (κ2) is 9.36. The number of benzene rings is 3. The van der Waals surface area contributed by atoms with Crippen molar-refractivity contribution in [1.82, 2.24) is 9.55 Å². The largest absolute Gasteiger partial charge is 0.494 e. The Balaban J connectivity index is 1.46. The highest BCUT2D eigenvalue weighted by Crippen LogP contribution is 2.26. The van der Waals surface area contributed by atoms with E-state index < -0.39 is 0 Å². The van der Waals surface area contributed by atoms with Gasteiger partial charge in [0.1, 0.15) is 11.6 Å². The minimum absolute atomic E-state index is 0.583. The van der Waals surface area contributed by atoms with E-state index in [1.165, 1.54) is 5.56 Å². The van der Waals surface area contributed by atoms with Crippen molar-refractivity contribution in [3.8, 4) is 17.1 Å². The lowest BCUT2D eigenvalue weighted by Crippen LogP contribution is -2.06. The summed E-state index contributed by atoms with van der Waals surface area (Å²) < 4.78 is 8.27. The van der Waals surface area contributed by atoms with Gasteiger partial charge in [-0.3, -0.25) is 0 Å². The first-order valence-corrected chi connectivity index (χ1v) is 11.0. The Morgan fingerprint density at radius 2 is 1.70 bits per heavy atom. The number of fused-ring (bicyclic) bond motifs is 1. The molecule has 0 spiro atoms. The van der Waals surface area contributed by atoms with Gasteiger partial charge < -0.3 is 9.30 Å². The molecule has 1 aromatic heterocycles. The fraction of sp³-hybridized carbons (Fsp3) is 0.269. The lowest BCUT2D eigenvalue weighted by atomic mass is 9.99. The average molecular weight is 419 g/mol. The van der Waals surface area contributed by atoms with Crippen LogP contribution in [0.4, 0.5) is 0 Å². The molecule has 1 heterocycles. The van der Waals surface area contributed by atoms with Crippen molar-refractivity contribution in [2.45, 2.75) is 39.2 Å². The lowest BCUT2D eigenvalue weighted by Gasteiger charge is -2.12. The number of ether oxygens (including phenoxy) is 1. The van der Waals surface area contributed by atoms with E-state index in [0.717, 1.165) is 52.6 Å². The number of aryl methyl sites for hydroxylation is 1. The van der Waals surface area contributed by atoms with Gasteiger partial charge >= 0.3 is 0 Å². The van der Waals surface area contributed by atoms with Crippen molar-refractivity contribution in [2.24, 2.45) is 0 Å². The van der Waals surface area contributed by atoms with Crippen LogP contribution in [0.3, 0.4) is 0 Å². The van der Waals surface area contributed by atoms with Crippen LogP contribution in [0.15, 0.2) is 72.8 Å². The molecule has 0 amide bonds. The zero-order valence-corrected chi connectivity index (χ0v) is 18.3. The van der Waals surface area contributed by atoms with Gasteiger partial charge in [-0.1, -0.05) is 49.7 Å². The molecule has 4 heteroatoms. The maximum Gasteiger partial charge on any atom is 0.141 e. The average Bonchev–Trinajstić information content (AvgIpc) is 3.15. The number of halogens is 1. The molecular weight excluding hydrogens is 392 g/mol. The van der Waals surface area contributed by atoms with Crippen LogP contribution < -0.4 is 4.74 Å². The Morgan fingerprint density at radius 1 is 0.967 bits per heavy atom. The Bertz CT molecular complexity index is 1100. The lowest BCUT2D eigenvalue weighted by molar-refractivity contribution is 0.302. The maximum atomic E-state index is 6.07. The zero-order valence-electron chi connectivity index (χ0n) is 17.5. The normalized spacial score (nSPS) is 12.2. The van der Waals surface area contributed by atoms with E-state index in [-0.39, 0.29) is 0 Å². The molecule has 3 aromatic carbocycles. The molecule has 0 fully saturated rings. The van der Waals surface area contributed by atoms with Gasteiger partial charge in [-0.25, -0.2) is 4.98 Å². The van der Waals surface area contributed by atoms with Crippen molar-refractivity contribution >= 4 is 22.6 Å². The molecule has 0 saturated heterocycles. The standard InChI is InChI=1S/C26H27ClN2O/c1-3-19(2)20-11-15-23(16-12-20)30-18-6-17-29-25-8-5-4-7-24(25)28-26(29)21-9-13-22(27)14-10-21/h4-5,7-16,19H,3,6,17-18H2,1-2H3. The summed E-state index contributed by atoms with van der Waals surface area (Å²) in [6, 6.07) is 24.6. The molecule has 0 bridgehead atoms. The number of para-hydroxylation sites is 2. The summed E-state index contributed by atoms with van der Waals surface area (Å²) in [5.41, 5.74) is 4.57. The minimum Gasteiger partial charge on any atom is -0.494 e. The third kappa shape index (κ3) is 4.52. The molecule has 30 heavy (non-hydrogen) atoms. The van der Waals surface area contributed by atoms with Crippen molar-refractivity contribution in [2.75, 3.05) is 6.61 Å². The van der Waals surface area contributed by atoms with Crippen LogP contribution in [-0.4, -0.2) is 16.2 Å². The van der Waals surface area contributed by atoms with Gasteiger partial charge in [-0.15, -0.1) is 0 Å². The summed E-state index contributed by atoms with van der Waals surface area (Å²) in [5, 5.41) is 0.731. The summed E-state index contributed by atoms with van der Waals surface area (Å²) >= 11 is 6.07. The molecular formula is C26H27ClN2O. The van der Waals surface area contributed by atoms with Crippen molar-refractivity contribution in [3.63, 3.8) is 0 Å². The van der Waals surface area contributed by atoms with Crippen LogP contribution >= 0.6 is 11.6 Å². The molecule has 4 aromatic rings. The molecule has 3 nitrogen and oxygen atoms in total. The van der Waals surface area contributed by atoms with Crippen LogP contribution in [0.25, 0.3) is 22.4 Å². The van der Waals surface area contributed by atoms with Crippen LogP contribution in [0.2, 0.25) is 5.02 Å². The first-order chi connectivity index (χ1) is 14.7. The Morgan fingerprint density at radius 3 is 2.43 bits per heavy atom. The van der Waals surface area contributed by atoms with Crippen LogP contribution in [0, 0.1) is 0 Å². The number of aromatic nitrogens is 2. The summed E-state index contributed by atoms with van der Waals surface area (Å²) in [5.74, 6) is 2.47. The maximum absolute atomic E-state index is 6.07. The summed E-state index contributed by atoms with van der Waals surface area (Å²) in [6.07, 6.45) is 2.04. The fourth-order valence-corrected chi connectivity index (χ4v) is 3.79. The molecule has 0 radical (unpaired) electrons. The Hall–Kier alpha value is -2.78. The van der Waals surface area contributed by atoms with E-state index in [0.29, 0.717) is 12.5 Å². The number of hydrogen-bond donors (Lipinski definition) is 0. The van der Waals surface area contributed by atoms with Crippen LogP contribution in [0.5, 0.6) is 5.75 Å². The quantitative estimate of drug-likeness (QED) is 0.280. The van der Waals surface area contributed by atoms with Crippen LogP contribution in [-0.2, 0) is 6.54 Å². The third-order valence-electron chi connectivity index (χ3n) is 5.61. The van der Waals surface area contributed by atoms with Crippen molar-refractivity contribution < 1.29 is 4.74 Å². The van der Waals surface area contributed by atoms with Gasteiger partial charge in [0.25, 0.3) is 0 Å². The third-order valence-corrected chi connectivity index (χ3v) is 5.87. The van der Waals surface area contributed by atoms with E-state index >= 15 is 0 Å². The number of imidazole rings is 1. The fourth-order valence-electron chi connectivity index (χ4n) is 3.66. The summed E-state index contributed by atoms with van der Waals surface area (Å²) in [6.45, 7) is 5.97. The van der Waals surface area contributed by atoms with Gasteiger partial charge in [0.2, 0.25) is 0 Å². The molecule has 0 N–H and O–H groups in total. The predicted molar refractivity (Wildman–Crippen MR) is 125 cm³/mol. The monoisotopic (exact) mass is 418 g/mol. The second-order valence-corrected chi connectivity index (χ2v) is 8.10. The summed E-state index contributed by atoms with van der Waals surface area (Å²) in [7, 11) is 0. The Kier molecular flexibility index (Phi) is 6.39. The van der Waals surface area contributed by atoms with Gasteiger partial charge in [-0.05, 0) is 72.9 Å². The van der Waals surface area contributed by atoms with Crippen molar-refractivity contribution in [1.29, 1.82) is 0 Å². The minimum atomic E-state index is 0.583. The Labute approximate surface area is 183 Å². The van der Waals surface area contributed by atoms with Crippen molar-refractivity contribution in [3.05, 3.63) is 83.4 Å². The molecule has 0 saturated carbocycles. The molecule has 0 aliphatic carbocycles. The predicted octanol–water partition coefficient (Wildman–Crippen LogP) is 7.34. The number of hydrogen-bond acceptors (Lipinski definition) is 2. The second-order valence-electron chi connectivity index (χ2n) is 7.66. The van der Waals surface area contributed by atoms with E-state index in [1.807, 2.05) is 30.3 Å². The van der Waals surface area contributed by atoms with Gasteiger partial charge in [0, 0.05) is 17.1 Å². The van der Waals surface area contributed by atoms with E-state index in [1.54, 1.807) is 0 Å². The molecule has 1 atom stereocenters. The highest BCUT2D eigenvalue weighted by molar-refractivity contribution is 6.30. The first kappa shape index (κ1) is 20.5. The van der Waals surface area contributed by atoms with E-state index in [4.69, 9.17) is 21.3 Å². The van der Waals surface area contributed by atoms with E-state index in [9.17, 15) is 0 Å². The highest BCUT2D eigenvalue weighted by Gasteiger charge is 2.12. The van der Waals surface area contributed by atoms with E-state index in [2.05, 4.69) is 60.9 Å². The molecule has 0 aliphatic heterocycles. The highest BCUT2D eigenvalue weighted by atomic mass is 35.5. The molecule has 4 rings (SSSR count). The number of rotatable bonds is 8. The number of nitrogens with zero attached hydrogens (tertiary/aromatic N) is 2. The molecule has 1 unspecified atom stereocenters. The van der Waals surface area contributed by atoms with Crippen LogP contribution in [0.1, 0.15) is 38.2 Å². The summed E-state index contributed by atoms with van der Waals surface area (Å²) in [4.78, 5) is 4.86. The SMILES string of the molecule is CCC(C)c1ccc(OCCCn2c(-c3ccc(Cl)cc3)nc3ccccc32)cc1. The van der Waals surface area contributed by atoms with Gasteiger partial charge in [0.05, 0.1) is 17.6 Å².